The molecule has 7 nitrogen and oxygen atoms in total. The number of amides is 1. The second-order valence-corrected chi connectivity index (χ2v) is 7.40. The van der Waals surface area contributed by atoms with Crippen LogP contribution in [0.1, 0.15) is 70.2 Å². The van der Waals surface area contributed by atoms with Gasteiger partial charge in [-0.05, 0) is 58.6 Å². The number of rotatable bonds is 11. The van der Waals surface area contributed by atoms with Crippen LogP contribution in [0, 0.1) is 5.92 Å². The number of esters is 1. The Morgan fingerprint density at radius 1 is 0.967 bits per heavy atom. The van der Waals surface area contributed by atoms with Crippen LogP contribution in [0.3, 0.4) is 0 Å². The molecule has 1 aliphatic carbocycles. The fourth-order valence-electron chi connectivity index (χ4n) is 3.57. The summed E-state index contributed by atoms with van der Waals surface area (Å²) >= 11 is 0. The first-order valence-corrected chi connectivity index (χ1v) is 11.0. The second-order valence-electron chi connectivity index (χ2n) is 7.40. The highest BCUT2D eigenvalue weighted by Gasteiger charge is 2.23. The third kappa shape index (κ3) is 6.82. The Morgan fingerprint density at radius 2 is 1.53 bits per heavy atom. The van der Waals surface area contributed by atoms with Crippen molar-refractivity contribution in [2.75, 3.05) is 26.4 Å². The van der Waals surface area contributed by atoms with Crippen LogP contribution in [0.15, 0.2) is 12.1 Å². The zero-order valence-corrected chi connectivity index (χ0v) is 18.6. The molecule has 1 fully saturated rings. The van der Waals surface area contributed by atoms with Crippen LogP contribution in [0.2, 0.25) is 0 Å². The van der Waals surface area contributed by atoms with E-state index in [1.54, 1.807) is 19.1 Å². The molecule has 0 aromatic heterocycles. The molecule has 1 saturated carbocycles. The molecule has 0 heterocycles. The van der Waals surface area contributed by atoms with Gasteiger partial charge in [0.2, 0.25) is 5.75 Å². The molecule has 1 aromatic carbocycles. The molecular weight excluding hydrogens is 386 g/mol. The fourth-order valence-corrected chi connectivity index (χ4v) is 3.57. The molecule has 168 valence electrons. The van der Waals surface area contributed by atoms with E-state index in [0.717, 1.165) is 12.8 Å². The van der Waals surface area contributed by atoms with Crippen LogP contribution in [-0.2, 0) is 9.53 Å². The number of benzene rings is 1. The lowest BCUT2D eigenvalue weighted by Crippen LogP contribution is -2.38. The van der Waals surface area contributed by atoms with Crippen LogP contribution in [-0.4, -0.2) is 44.3 Å². The number of hydrogen-bond donors (Lipinski definition) is 1. The van der Waals surface area contributed by atoms with E-state index >= 15 is 0 Å². The molecule has 0 radical (unpaired) electrons. The van der Waals surface area contributed by atoms with Crippen molar-refractivity contribution in [2.45, 2.75) is 65.9 Å². The molecular formula is C23H35NO6. The summed E-state index contributed by atoms with van der Waals surface area (Å²) in [5, 5.41) is 2.91. The molecule has 1 N–H and O–H groups in total. The minimum Gasteiger partial charge on any atom is -0.490 e. The standard InChI is InChI=1S/C23H35NO6/c1-5-27-19-13-18(14-20(28-6-2)21(19)29-7-3)23(26)30-16(4)22(25)24-15-17-11-9-8-10-12-17/h13-14,16-17H,5-12,15H2,1-4H3,(H,24,25). The number of nitrogens with one attached hydrogen (secondary N) is 1. The molecule has 30 heavy (non-hydrogen) atoms. The van der Waals surface area contributed by atoms with Crippen molar-refractivity contribution < 1.29 is 28.5 Å². The van der Waals surface area contributed by atoms with Gasteiger partial charge in [-0.15, -0.1) is 0 Å². The summed E-state index contributed by atoms with van der Waals surface area (Å²) in [6, 6.07) is 3.12. The van der Waals surface area contributed by atoms with Gasteiger partial charge in [-0.25, -0.2) is 4.79 Å². The van der Waals surface area contributed by atoms with Crippen LogP contribution in [0.4, 0.5) is 0 Å². The first-order chi connectivity index (χ1) is 14.5. The monoisotopic (exact) mass is 421 g/mol. The van der Waals surface area contributed by atoms with Crippen molar-refractivity contribution in [1.29, 1.82) is 0 Å². The Kier molecular flexibility index (Phi) is 9.77. The van der Waals surface area contributed by atoms with Crippen molar-refractivity contribution in [3.63, 3.8) is 0 Å². The third-order valence-corrected chi connectivity index (χ3v) is 5.09. The highest BCUT2D eigenvalue weighted by atomic mass is 16.6. The Morgan fingerprint density at radius 3 is 2.07 bits per heavy atom. The summed E-state index contributed by atoms with van der Waals surface area (Å²) in [5.74, 6) is 0.892. The Bertz CT molecular complexity index is 672. The van der Waals surface area contributed by atoms with E-state index in [4.69, 9.17) is 18.9 Å². The van der Waals surface area contributed by atoms with Gasteiger partial charge in [0.05, 0.1) is 25.4 Å². The normalized spacial score (nSPS) is 15.2. The van der Waals surface area contributed by atoms with Gasteiger partial charge in [0.25, 0.3) is 5.91 Å². The van der Waals surface area contributed by atoms with Crippen LogP contribution < -0.4 is 19.5 Å². The maximum absolute atomic E-state index is 12.7. The van der Waals surface area contributed by atoms with Gasteiger partial charge in [-0.2, -0.15) is 0 Å². The first kappa shape index (κ1) is 23.8. The molecule has 0 bridgehead atoms. The highest BCUT2D eigenvalue weighted by molar-refractivity contribution is 5.93. The van der Waals surface area contributed by atoms with Crippen molar-refractivity contribution in [2.24, 2.45) is 5.92 Å². The number of carbonyl (C=O) groups is 2. The van der Waals surface area contributed by atoms with Gasteiger partial charge < -0.3 is 24.3 Å². The lowest BCUT2D eigenvalue weighted by Gasteiger charge is -2.22. The molecule has 2 rings (SSSR count). The predicted octanol–water partition coefficient (Wildman–Crippen LogP) is 4.12. The van der Waals surface area contributed by atoms with E-state index in [1.807, 2.05) is 20.8 Å². The molecule has 1 unspecified atom stereocenters. The van der Waals surface area contributed by atoms with E-state index in [-0.39, 0.29) is 11.5 Å². The molecule has 0 spiro atoms. The van der Waals surface area contributed by atoms with Gasteiger partial charge in [0.1, 0.15) is 0 Å². The SMILES string of the molecule is CCOc1cc(C(=O)OC(C)C(=O)NCC2CCCCC2)cc(OCC)c1OCC. The van der Waals surface area contributed by atoms with Crippen molar-refractivity contribution in [3.8, 4) is 17.2 Å². The smallest absolute Gasteiger partial charge is 0.339 e. The van der Waals surface area contributed by atoms with Gasteiger partial charge in [-0.3, -0.25) is 4.79 Å². The number of hydrogen-bond acceptors (Lipinski definition) is 6. The van der Waals surface area contributed by atoms with E-state index in [1.165, 1.54) is 19.3 Å². The zero-order valence-electron chi connectivity index (χ0n) is 18.6. The molecule has 0 saturated heterocycles. The molecule has 1 aromatic rings. The van der Waals surface area contributed by atoms with Gasteiger partial charge >= 0.3 is 5.97 Å². The maximum atomic E-state index is 12.7. The van der Waals surface area contributed by atoms with E-state index in [2.05, 4.69) is 5.32 Å². The zero-order chi connectivity index (χ0) is 21.9. The molecule has 1 aliphatic rings. The summed E-state index contributed by atoms with van der Waals surface area (Å²) in [7, 11) is 0. The predicted molar refractivity (Wildman–Crippen MR) is 114 cm³/mol. The van der Waals surface area contributed by atoms with E-state index in [0.29, 0.717) is 49.5 Å². The van der Waals surface area contributed by atoms with E-state index in [9.17, 15) is 9.59 Å². The van der Waals surface area contributed by atoms with Gasteiger partial charge in [0, 0.05) is 6.54 Å². The minimum absolute atomic E-state index is 0.247. The topological polar surface area (TPSA) is 83.1 Å². The van der Waals surface area contributed by atoms with Crippen LogP contribution in [0.25, 0.3) is 0 Å². The van der Waals surface area contributed by atoms with Crippen molar-refractivity contribution in [1.82, 2.24) is 5.32 Å². The third-order valence-electron chi connectivity index (χ3n) is 5.09. The van der Waals surface area contributed by atoms with Crippen LogP contribution in [0.5, 0.6) is 17.2 Å². The summed E-state index contributed by atoms with van der Waals surface area (Å²) in [4.78, 5) is 25.1. The first-order valence-electron chi connectivity index (χ1n) is 11.0. The van der Waals surface area contributed by atoms with Gasteiger partial charge in [-0.1, -0.05) is 19.3 Å². The Labute approximate surface area is 179 Å². The minimum atomic E-state index is -0.890. The van der Waals surface area contributed by atoms with Crippen molar-refractivity contribution in [3.05, 3.63) is 17.7 Å². The summed E-state index contributed by atoms with van der Waals surface area (Å²) < 4.78 is 22.3. The number of ether oxygens (including phenoxy) is 4. The Hall–Kier alpha value is -2.44. The second kappa shape index (κ2) is 12.3. The van der Waals surface area contributed by atoms with Crippen LogP contribution >= 0.6 is 0 Å². The average Bonchev–Trinajstić information content (AvgIpc) is 2.75. The lowest BCUT2D eigenvalue weighted by molar-refractivity contribution is -0.129. The van der Waals surface area contributed by atoms with E-state index < -0.39 is 12.1 Å². The summed E-state index contributed by atoms with van der Waals surface area (Å²) in [6.07, 6.45) is 5.09. The summed E-state index contributed by atoms with van der Waals surface area (Å²) in [5.41, 5.74) is 0.247. The maximum Gasteiger partial charge on any atom is 0.339 e. The molecule has 0 aliphatic heterocycles. The van der Waals surface area contributed by atoms with Gasteiger partial charge in [0.15, 0.2) is 17.6 Å². The molecule has 1 amide bonds. The quantitative estimate of drug-likeness (QED) is 0.541. The number of carbonyl (C=O) groups excluding carboxylic acids is 2. The average molecular weight is 422 g/mol. The largest absolute Gasteiger partial charge is 0.490 e. The summed E-state index contributed by atoms with van der Waals surface area (Å²) in [6.45, 7) is 9.01. The van der Waals surface area contributed by atoms with Crippen molar-refractivity contribution >= 4 is 11.9 Å². The fraction of sp³-hybridized carbons (Fsp3) is 0.652. The lowest BCUT2D eigenvalue weighted by atomic mass is 9.89. The Balaban J connectivity index is 2.05. The molecule has 1 atom stereocenters. The highest BCUT2D eigenvalue weighted by Crippen LogP contribution is 2.39. The molecule has 7 heteroatoms.